The lowest BCUT2D eigenvalue weighted by molar-refractivity contribution is -0.189. The first-order valence-corrected chi connectivity index (χ1v) is 11.5. The number of Topliss-reactive ketones (excluding diaryl/α,β-unsaturated/α-hetero) is 1. The number of carbonyl (C=O) groups is 2. The third-order valence-corrected chi connectivity index (χ3v) is 9.19. The molecule has 1 aliphatic heterocycles. The lowest BCUT2D eigenvalue weighted by Crippen LogP contribution is -2.65. The van der Waals surface area contributed by atoms with E-state index in [0.717, 1.165) is 23.1 Å². The van der Waals surface area contributed by atoms with Crippen LogP contribution in [0.1, 0.15) is 58.4 Å². The van der Waals surface area contributed by atoms with Crippen molar-refractivity contribution in [3.05, 3.63) is 47.0 Å². The molecular formula is C26H32O6. The average molecular weight is 441 g/mol. The predicted molar refractivity (Wildman–Crippen MR) is 117 cm³/mol. The number of esters is 1. The van der Waals surface area contributed by atoms with Crippen LogP contribution in [-0.2, 0) is 19.1 Å². The van der Waals surface area contributed by atoms with Crippen molar-refractivity contribution >= 4 is 11.8 Å². The number of carbonyl (C=O) groups excluding carboxylic acids is 2. The highest BCUT2D eigenvalue weighted by molar-refractivity contribution is 5.89. The van der Waals surface area contributed by atoms with Crippen LogP contribution in [0.15, 0.2) is 45.8 Å². The van der Waals surface area contributed by atoms with E-state index in [0.29, 0.717) is 6.42 Å². The summed E-state index contributed by atoms with van der Waals surface area (Å²) in [6.07, 6.45) is 5.13. The zero-order valence-electron chi connectivity index (χ0n) is 19.4. The first kappa shape index (κ1) is 21.7. The number of hydrogen-bond donors (Lipinski definition) is 1. The van der Waals surface area contributed by atoms with Crippen LogP contribution in [0.3, 0.4) is 0 Å². The van der Waals surface area contributed by atoms with Crippen LogP contribution in [0.25, 0.3) is 0 Å². The van der Waals surface area contributed by atoms with Crippen molar-refractivity contribution in [1.29, 1.82) is 0 Å². The molecule has 6 nitrogen and oxygen atoms in total. The minimum absolute atomic E-state index is 0.0758. The number of methoxy groups -OCH3 is 1. The zero-order valence-corrected chi connectivity index (χ0v) is 19.4. The van der Waals surface area contributed by atoms with E-state index in [1.165, 1.54) is 12.7 Å². The molecule has 0 radical (unpaired) electrons. The number of fused-ring (bicyclic) bond motifs is 4. The maximum atomic E-state index is 13.5. The minimum Gasteiger partial charge on any atom is -0.472 e. The Balaban J connectivity index is 1.70. The van der Waals surface area contributed by atoms with E-state index in [1.807, 2.05) is 26.0 Å². The summed E-state index contributed by atoms with van der Waals surface area (Å²) >= 11 is 0. The first-order chi connectivity index (χ1) is 15.1. The second-order valence-electron chi connectivity index (χ2n) is 10.4. The Bertz CT molecular complexity index is 1020. The number of allylic oxidation sites excluding steroid dienone is 2. The van der Waals surface area contributed by atoms with Gasteiger partial charge in [-0.15, -0.1) is 0 Å². The van der Waals surface area contributed by atoms with Gasteiger partial charge < -0.3 is 19.0 Å². The SMILES string of the molecule is COC(=O)C[C@H]1[C@]2(C)C3=C(C)[C@H](c4ccoc4)C[C@H]3O[C@@H]2[C@H](O)[C@@H]2C(C)=CCC(=O)[C@]12C. The number of ether oxygens (including phenoxy) is 2. The molecule has 2 heterocycles. The Hall–Kier alpha value is -2.18. The van der Waals surface area contributed by atoms with E-state index < -0.39 is 23.0 Å². The predicted octanol–water partition coefficient (Wildman–Crippen LogP) is 3.95. The van der Waals surface area contributed by atoms with Crippen molar-refractivity contribution in [3.8, 4) is 0 Å². The Labute approximate surface area is 188 Å². The van der Waals surface area contributed by atoms with Crippen molar-refractivity contribution in [3.63, 3.8) is 0 Å². The van der Waals surface area contributed by atoms with Crippen molar-refractivity contribution in [2.45, 2.75) is 71.2 Å². The smallest absolute Gasteiger partial charge is 0.305 e. The van der Waals surface area contributed by atoms with Crippen LogP contribution in [0.2, 0.25) is 0 Å². The maximum absolute atomic E-state index is 13.5. The van der Waals surface area contributed by atoms with Gasteiger partial charge in [-0.25, -0.2) is 0 Å². The van der Waals surface area contributed by atoms with Crippen LogP contribution < -0.4 is 0 Å². The summed E-state index contributed by atoms with van der Waals surface area (Å²) in [4.78, 5) is 26.1. The molecule has 3 aliphatic carbocycles. The van der Waals surface area contributed by atoms with E-state index >= 15 is 0 Å². The van der Waals surface area contributed by atoms with E-state index in [9.17, 15) is 14.7 Å². The third-order valence-electron chi connectivity index (χ3n) is 9.19. The maximum Gasteiger partial charge on any atom is 0.305 e. The number of hydrogen-bond acceptors (Lipinski definition) is 6. The Morgan fingerprint density at radius 1 is 1.28 bits per heavy atom. The molecule has 0 aromatic carbocycles. The molecule has 1 N–H and O–H groups in total. The highest BCUT2D eigenvalue weighted by atomic mass is 16.5. The highest BCUT2D eigenvalue weighted by Crippen LogP contribution is 2.68. The van der Waals surface area contributed by atoms with Crippen molar-refractivity contribution < 1.29 is 28.6 Å². The van der Waals surface area contributed by atoms with Gasteiger partial charge >= 0.3 is 5.97 Å². The summed E-state index contributed by atoms with van der Waals surface area (Å²) in [6, 6.07) is 1.98. The summed E-state index contributed by atoms with van der Waals surface area (Å²) in [6.45, 7) is 8.13. The molecule has 32 heavy (non-hydrogen) atoms. The number of rotatable bonds is 3. The van der Waals surface area contributed by atoms with E-state index in [-0.39, 0.29) is 42.0 Å². The zero-order chi connectivity index (χ0) is 23.0. The number of furan rings is 1. The van der Waals surface area contributed by atoms with E-state index in [2.05, 4.69) is 13.8 Å². The lowest BCUT2D eigenvalue weighted by Gasteiger charge is -2.59. The van der Waals surface area contributed by atoms with Gasteiger partial charge in [0.05, 0.1) is 44.4 Å². The molecule has 8 atom stereocenters. The fraction of sp³-hybridized carbons (Fsp3) is 0.615. The quantitative estimate of drug-likeness (QED) is 0.566. The molecule has 6 heteroatoms. The van der Waals surface area contributed by atoms with Crippen molar-refractivity contribution in [2.75, 3.05) is 7.11 Å². The lowest BCUT2D eigenvalue weighted by atomic mass is 9.44. The van der Waals surface area contributed by atoms with Gasteiger partial charge in [-0.2, -0.15) is 0 Å². The summed E-state index contributed by atoms with van der Waals surface area (Å²) in [5.41, 5.74) is 2.91. The minimum atomic E-state index is -0.878. The van der Waals surface area contributed by atoms with Crippen molar-refractivity contribution in [1.82, 2.24) is 0 Å². The summed E-state index contributed by atoms with van der Waals surface area (Å²) < 4.78 is 17.0. The van der Waals surface area contributed by atoms with Crippen LogP contribution in [0.4, 0.5) is 0 Å². The van der Waals surface area contributed by atoms with E-state index in [1.54, 1.807) is 12.5 Å². The fourth-order valence-electron chi connectivity index (χ4n) is 7.75. The number of aliphatic hydroxyl groups is 1. The Kier molecular flexibility index (Phi) is 4.84. The molecule has 0 spiro atoms. The molecule has 0 amide bonds. The fourth-order valence-corrected chi connectivity index (χ4v) is 7.75. The molecule has 1 saturated heterocycles. The van der Waals surface area contributed by atoms with Gasteiger partial charge in [0.25, 0.3) is 0 Å². The molecule has 0 bridgehead atoms. The molecule has 0 unspecified atom stereocenters. The van der Waals surface area contributed by atoms with Crippen LogP contribution in [0.5, 0.6) is 0 Å². The third kappa shape index (κ3) is 2.59. The largest absolute Gasteiger partial charge is 0.472 e. The molecule has 172 valence electrons. The highest BCUT2D eigenvalue weighted by Gasteiger charge is 2.71. The average Bonchev–Trinajstić information content (AvgIpc) is 3.45. The monoisotopic (exact) mass is 440 g/mol. The molecule has 5 rings (SSSR count). The second-order valence-corrected chi connectivity index (χ2v) is 10.4. The van der Waals surface area contributed by atoms with Crippen LogP contribution in [-0.4, -0.2) is 42.3 Å². The van der Waals surface area contributed by atoms with Crippen LogP contribution >= 0.6 is 0 Å². The van der Waals surface area contributed by atoms with Gasteiger partial charge in [-0.3, -0.25) is 9.59 Å². The normalized spacial score (nSPS) is 42.9. The first-order valence-electron chi connectivity index (χ1n) is 11.5. The number of aliphatic hydroxyl groups excluding tert-OH is 1. The summed E-state index contributed by atoms with van der Waals surface area (Å²) in [5, 5.41) is 11.6. The van der Waals surface area contributed by atoms with Gasteiger partial charge in [0.2, 0.25) is 0 Å². The summed E-state index contributed by atoms with van der Waals surface area (Å²) in [7, 11) is 1.39. The van der Waals surface area contributed by atoms with Crippen molar-refractivity contribution in [2.24, 2.45) is 22.7 Å². The summed E-state index contributed by atoms with van der Waals surface area (Å²) in [5.74, 6) is -0.808. The molecular weight excluding hydrogens is 408 g/mol. The van der Waals surface area contributed by atoms with Gasteiger partial charge in [0, 0.05) is 29.1 Å². The van der Waals surface area contributed by atoms with E-state index in [4.69, 9.17) is 13.9 Å². The van der Waals surface area contributed by atoms with Gasteiger partial charge in [-0.1, -0.05) is 31.1 Å². The molecule has 1 aromatic heterocycles. The molecule has 1 saturated carbocycles. The topological polar surface area (TPSA) is 86.0 Å². The van der Waals surface area contributed by atoms with Gasteiger partial charge in [0.15, 0.2) is 0 Å². The standard InChI is InChI=1S/C26H32O6/c1-13-6-7-19(27)25(3)18(11-20(28)30-5)26(4)22-14(2)16(15-8-9-31-12-15)10-17(22)32-24(26)23(29)21(13)25/h6,8-9,12,16-18,21,23-24,29H,7,10-11H2,1-5H3/t16-,17-,18-,21+,23-,24-,25+,26-/m1/s1. The second kappa shape index (κ2) is 7.16. The van der Waals surface area contributed by atoms with Crippen LogP contribution in [0, 0.1) is 22.7 Å². The molecule has 1 aromatic rings. The number of ketones is 1. The van der Waals surface area contributed by atoms with Gasteiger partial charge in [0.1, 0.15) is 5.78 Å². The molecule has 4 aliphatic rings. The molecule has 2 fully saturated rings. The van der Waals surface area contributed by atoms with Gasteiger partial charge in [-0.05, 0) is 43.4 Å². The Morgan fingerprint density at radius 3 is 2.69 bits per heavy atom. The Morgan fingerprint density at radius 2 is 2.03 bits per heavy atom.